The van der Waals surface area contributed by atoms with Crippen molar-refractivity contribution in [3.05, 3.63) is 35.8 Å². The van der Waals surface area contributed by atoms with E-state index in [1.807, 2.05) is 0 Å². The molecule has 0 spiro atoms. The molecule has 1 heterocycles. The highest BCUT2D eigenvalue weighted by molar-refractivity contribution is 5.58. The molecular formula is C15H15FN4. The van der Waals surface area contributed by atoms with Crippen LogP contribution in [0.25, 0.3) is 0 Å². The van der Waals surface area contributed by atoms with Gasteiger partial charge in [0.15, 0.2) is 0 Å². The molecule has 0 atom stereocenters. The number of nitrogens with zero attached hydrogens (tertiary/aromatic N) is 3. The maximum Gasteiger partial charge on any atom is 0.148 e. The van der Waals surface area contributed by atoms with Crippen molar-refractivity contribution in [3.63, 3.8) is 0 Å². The summed E-state index contributed by atoms with van der Waals surface area (Å²) in [6.07, 6.45) is 4.66. The molecule has 0 saturated carbocycles. The largest absolute Gasteiger partial charge is 0.369 e. The lowest BCUT2D eigenvalue weighted by Gasteiger charge is -2.29. The van der Waals surface area contributed by atoms with E-state index in [0.717, 1.165) is 25.9 Å². The molecule has 0 unspecified atom stereocenters. The molecule has 1 fully saturated rings. The highest BCUT2D eigenvalue weighted by Gasteiger charge is 2.14. The first-order valence-corrected chi connectivity index (χ1v) is 6.56. The van der Waals surface area contributed by atoms with Crippen LogP contribution in [0.4, 0.5) is 15.8 Å². The Labute approximate surface area is 117 Å². The minimum absolute atomic E-state index is 0.0504. The van der Waals surface area contributed by atoms with E-state index in [2.05, 4.69) is 10.2 Å². The van der Waals surface area contributed by atoms with Crippen LogP contribution in [0.3, 0.4) is 0 Å². The van der Waals surface area contributed by atoms with Crippen molar-refractivity contribution in [2.24, 2.45) is 0 Å². The molecule has 2 rings (SSSR count). The van der Waals surface area contributed by atoms with Gasteiger partial charge >= 0.3 is 0 Å². The topological polar surface area (TPSA) is 62.9 Å². The van der Waals surface area contributed by atoms with E-state index < -0.39 is 0 Å². The standard InChI is InChI=1S/C15H15FN4/c16-14-8-13(19-11-12(9-17)10-18)4-5-15(14)20-6-2-1-3-7-20/h4-5,8,11,19H,1-3,6-7H2. The van der Waals surface area contributed by atoms with Crippen molar-refractivity contribution in [1.29, 1.82) is 10.5 Å². The number of rotatable bonds is 3. The first kappa shape index (κ1) is 13.9. The molecule has 1 aliphatic rings. The summed E-state index contributed by atoms with van der Waals surface area (Å²) >= 11 is 0. The van der Waals surface area contributed by atoms with E-state index in [9.17, 15) is 4.39 Å². The van der Waals surface area contributed by atoms with Crippen molar-refractivity contribution in [1.82, 2.24) is 0 Å². The number of benzene rings is 1. The summed E-state index contributed by atoms with van der Waals surface area (Å²) in [5.74, 6) is -0.291. The second-order valence-corrected chi connectivity index (χ2v) is 4.64. The van der Waals surface area contributed by atoms with Gasteiger partial charge in [-0.1, -0.05) is 0 Å². The lowest BCUT2D eigenvalue weighted by molar-refractivity contribution is 0.557. The van der Waals surface area contributed by atoms with Gasteiger partial charge in [0, 0.05) is 25.0 Å². The fraction of sp³-hybridized carbons (Fsp3) is 0.333. The zero-order valence-corrected chi connectivity index (χ0v) is 11.1. The van der Waals surface area contributed by atoms with Gasteiger partial charge in [-0.05, 0) is 37.5 Å². The number of hydrogen-bond acceptors (Lipinski definition) is 4. The molecule has 5 heteroatoms. The van der Waals surface area contributed by atoms with Crippen LogP contribution < -0.4 is 10.2 Å². The average molecular weight is 270 g/mol. The number of halogens is 1. The molecular weight excluding hydrogens is 255 g/mol. The third kappa shape index (κ3) is 3.27. The molecule has 0 amide bonds. The monoisotopic (exact) mass is 270 g/mol. The Hall–Kier alpha value is -2.53. The number of nitrogens with one attached hydrogen (secondary N) is 1. The molecule has 0 bridgehead atoms. The van der Waals surface area contributed by atoms with Crippen LogP contribution >= 0.6 is 0 Å². The molecule has 1 aromatic rings. The predicted molar refractivity (Wildman–Crippen MR) is 75.4 cm³/mol. The Balaban J connectivity index is 2.12. The predicted octanol–water partition coefficient (Wildman–Crippen LogP) is 3.16. The average Bonchev–Trinajstić information content (AvgIpc) is 2.49. The number of piperidine rings is 1. The van der Waals surface area contributed by atoms with Gasteiger partial charge in [0.1, 0.15) is 23.5 Å². The SMILES string of the molecule is N#CC(C#N)=CNc1ccc(N2CCCCC2)c(F)c1. The minimum atomic E-state index is -0.291. The summed E-state index contributed by atoms with van der Waals surface area (Å²) in [5.41, 5.74) is 1.08. The molecule has 1 saturated heterocycles. The maximum atomic E-state index is 14.1. The number of allylic oxidation sites excluding steroid dienone is 1. The lowest BCUT2D eigenvalue weighted by Crippen LogP contribution is -2.30. The summed E-state index contributed by atoms with van der Waals surface area (Å²) in [7, 11) is 0. The Bertz CT molecular complexity index is 573. The summed E-state index contributed by atoms with van der Waals surface area (Å²) in [6, 6.07) is 8.33. The van der Waals surface area contributed by atoms with Crippen molar-refractivity contribution >= 4 is 11.4 Å². The Kier molecular flexibility index (Phi) is 4.57. The van der Waals surface area contributed by atoms with Gasteiger partial charge in [-0.25, -0.2) is 4.39 Å². The van der Waals surface area contributed by atoms with Crippen molar-refractivity contribution in [3.8, 4) is 12.1 Å². The summed E-state index contributed by atoms with van der Waals surface area (Å²) in [6.45, 7) is 1.77. The van der Waals surface area contributed by atoms with Crippen LogP contribution in [0.1, 0.15) is 19.3 Å². The second-order valence-electron chi connectivity index (χ2n) is 4.64. The first-order chi connectivity index (χ1) is 9.74. The Morgan fingerprint density at radius 2 is 1.90 bits per heavy atom. The van der Waals surface area contributed by atoms with E-state index in [4.69, 9.17) is 10.5 Å². The summed E-state index contributed by atoms with van der Waals surface area (Å²) in [4.78, 5) is 2.05. The van der Waals surface area contributed by atoms with E-state index >= 15 is 0 Å². The van der Waals surface area contributed by atoms with Gasteiger partial charge in [-0.3, -0.25) is 0 Å². The van der Waals surface area contributed by atoms with E-state index in [1.54, 1.807) is 24.3 Å². The maximum absolute atomic E-state index is 14.1. The minimum Gasteiger partial charge on any atom is -0.369 e. The molecule has 1 N–H and O–H groups in total. The van der Waals surface area contributed by atoms with E-state index in [1.165, 1.54) is 18.7 Å². The van der Waals surface area contributed by atoms with Gasteiger partial charge in [0.05, 0.1) is 5.69 Å². The lowest BCUT2D eigenvalue weighted by atomic mass is 10.1. The van der Waals surface area contributed by atoms with Crippen LogP contribution in [0, 0.1) is 28.5 Å². The van der Waals surface area contributed by atoms with Gasteiger partial charge in [-0.15, -0.1) is 0 Å². The van der Waals surface area contributed by atoms with Crippen LogP contribution in [-0.2, 0) is 0 Å². The smallest absolute Gasteiger partial charge is 0.148 e. The van der Waals surface area contributed by atoms with E-state index in [-0.39, 0.29) is 11.4 Å². The van der Waals surface area contributed by atoms with Gasteiger partial charge < -0.3 is 10.2 Å². The normalized spacial score (nSPS) is 14.1. The molecule has 0 aromatic heterocycles. The second kappa shape index (κ2) is 6.58. The molecule has 4 nitrogen and oxygen atoms in total. The van der Waals surface area contributed by atoms with Gasteiger partial charge in [-0.2, -0.15) is 10.5 Å². The highest BCUT2D eigenvalue weighted by Crippen LogP contribution is 2.25. The number of nitriles is 2. The summed E-state index contributed by atoms with van der Waals surface area (Å²) < 4.78 is 14.1. The van der Waals surface area contributed by atoms with Crippen LogP contribution in [0.15, 0.2) is 30.0 Å². The van der Waals surface area contributed by atoms with Gasteiger partial charge in [0.2, 0.25) is 0 Å². The highest BCUT2D eigenvalue weighted by atomic mass is 19.1. The quantitative estimate of drug-likeness (QED) is 0.857. The third-order valence-corrected chi connectivity index (χ3v) is 3.27. The molecule has 1 aliphatic heterocycles. The van der Waals surface area contributed by atoms with Crippen molar-refractivity contribution in [2.45, 2.75) is 19.3 Å². The van der Waals surface area contributed by atoms with Crippen molar-refractivity contribution in [2.75, 3.05) is 23.3 Å². The Morgan fingerprint density at radius 3 is 2.50 bits per heavy atom. The zero-order chi connectivity index (χ0) is 14.4. The summed E-state index contributed by atoms with van der Waals surface area (Å²) in [5, 5.41) is 20.0. The number of hydrogen-bond donors (Lipinski definition) is 1. The van der Waals surface area contributed by atoms with Gasteiger partial charge in [0.25, 0.3) is 0 Å². The van der Waals surface area contributed by atoms with E-state index in [0.29, 0.717) is 11.4 Å². The molecule has 0 aliphatic carbocycles. The number of anilines is 2. The molecule has 1 aromatic carbocycles. The third-order valence-electron chi connectivity index (χ3n) is 3.27. The molecule has 102 valence electrons. The first-order valence-electron chi connectivity index (χ1n) is 6.56. The van der Waals surface area contributed by atoms with Crippen molar-refractivity contribution < 1.29 is 4.39 Å². The zero-order valence-electron chi connectivity index (χ0n) is 11.1. The van der Waals surface area contributed by atoms with Crippen LogP contribution in [0.5, 0.6) is 0 Å². The molecule has 0 radical (unpaired) electrons. The van der Waals surface area contributed by atoms with Crippen LogP contribution in [0.2, 0.25) is 0 Å². The Morgan fingerprint density at radius 1 is 1.20 bits per heavy atom. The molecule has 20 heavy (non-hydrogen) atoms. The van der Waals surface area contributed by atoms with Crippen LogP contribution in [-0.4, -0.2) is 13.1 Å². The fourth-order valence-corrected chi connectivity index (χ4v) is 2.23. The fourth-order valence-electron chi connectivity index (χ4n) is 2.23.